The molecule has 0 aliphatic carbocycles. The highest BCUT2D eigenvalue weighted by molar-refractivity contribution is 9.10. The lowest BCUT2D eigenvalue weighted by Crippen LogP contribution is -2.10. The van der Waals surface area contributed by atoms with Gasteiger partial charge in [0.05, 0.1) is 4.92 Å². The molecule has 16 heavy (non-hydrogen) atoms. The highest BCUT2D eigenvalue weighted by atomic mass is 79.9. The predicted octanol–water partition coefficient (Wildman–Crippen LogP) is 3.25. The molecule has 0 radical (unpaired) electrons. The molecular weight excluding hydrogens is 293 g/mol. The number of alkyl halides is 3. The molecule has 0 aliphatic rings. The highest BCUT2D eigenvalue weighted by Gasteiger charge is 2.40. The van der Waals surface area contributed by atoms with Gasteiger partial charge in [0.25, 0.3) is 5.69 Å². The Kier molecular flexibility index (Phi) is 3.19. The molecule has 0 saturated heterocycles. The highest BCUT2D eigenvalue weighted by Crippen LogP contribution is 2.39. The van der Waals surface area contributed by atoms with Crippen molar-refractivity contribution >= 4 is 21.6 Å². The predicted molar refractivity (Wildman–Crippen MR) is 50.5 cm³/mol. The van der Waals surface area contributed by atoms with E-state index in [1.807, 2.05) is 0 Å². The van der Waals surface area contributed by atoms with Crippen LogP contribution >= 0.6 is 15.9 Å². The quantitative estimate of drug-likeness (QED) is 0.590. The summed E-state index contributed by atoms with van der Waals surface area (Å²) in [6.45, 7) is 0. The van der Waals surface area contributed by atoms with Crippen LogP contribution in [-0.2, 0) is 6.18 Å². The first kappa shape index (κ1) is 12.4. The van der Waals surface area contributed by atoms with E-state index in [0.717, 1.165) is 6.07 Å². The second kappa shape index (κ2) is 4.09. The summed E-state index contributed by atoms with van der Waals surface area (Å²) in [7, 11) is 0. The van der Waals surface area contributed by atoms with Gasteiger partial charge in [0.2, 0.25) is 0 Å². The summed E-state index contributed by atoms with van der Waals surface area (Å²) >= 11 is 2.78. The molecule has 0 bridgehead atoms. The first-order chi connectivity index (χ1) is 7.29. The minimum absolute atomic E-state index is 0.0466. The van der Waals surface area contributed by atoms with E-state index in [1.165, 1.54) is 6.07 Å². The van der Waals surface area contributed by atoms with Gasteiger partial charge in [0, 0.05) is 4.47 Å². The van der Waals surface area contributed by atoms with Crippen molar-refractivity contribution in [3.8, 4) is 6.07 Å². The van der Waals surface area contributed by atoms with E-state index in [2.05, 4.69) is 15.9 Å². The number of hydrogen-bond acceptors (Lipinski definition) is 3. The zero-order valence-corrected chi connectivity index (χ0v) is 8.96. The topological polar surface area (TPSA) is 66.9 Å². The normalized spacial score (nSPS) is 10.9. The Labute approximate surface area is 95.6 Å². The van der Waals surface area contributed by atoms with Gasteiger partial charge in [-0.15, -0.1) is 0 Å². The van der Waals surface area contributed by atoms with Crippen molar-refractivity contribution < 1.29 is 18.1 Å². The summed E-state index contributed by atoms with van der Waals surface area (Å²) in [5, 5.41) is 19.1. The maximum absolute atomic E-state index is 12.4. The van der Waals surface area contributed by atoms with Gasteiger partial charge in [-0.2, -0.15) is 18.4 Å². The zero-order valence-electron chi connectivity index (χ0n) is 7.38. The number of rotatable bonds is 1. The largest absolute Gasteiger partial charge is 0.423 e. The van der Waals surface area contributed by atoms with Crippen molar-refractivity contribution in [2.75, 3.05) is 0 Å². The molecule has 1 rings (SSSR count). The third-order valence-electron chi connectivity index (χ3n) is 1.73. The molecule has 84 valence electrons. The molecule has 4 nitrogen and oxygen atoms in total. The second-order valence-electron chi connectivity index (χ2n) is 2.69. The minimum atomic E-state index is -4.87. The molecule has 0 spiro atoms. The van der Waals surface area contributed by atoms with Crippen molar-refractivity contribution in [1.82, 2.24) is 0 Å². The van der Waals surface area contributed by atoms with E-state index in [4.69, 9.17) is 5.26 Å². The number of halogens is 4. The number of nitro groups is 1. The Morgan fingerprint density at radius 3 is 2.38 bits per heavy atom. The number of benzene rings is 1. The Morgan fingerprint density at radius 1 is 1.44 bits per heavy atom. The summed E-state index contributed by atoms with van der Waals surface area (Å²) in [6.07, 6.45) is -4.87. The molecule has 0 unspecified atom stereocenters. The number of hydrogen-bond donors (Lipinski definition) is 0. The number of nitro benzene ring substituents is 1. The standard InChI is InChI=1S/C8H2BrF3N2O2/c9-6-2-1-5(8(10,11)12)7(14(15)16)4(6)3-13/h1-2H. The minimum Gasteiger partial charge on any atom is -0.258 e. The fourth-order valence-electron chi connectivity index (χ4n) is 1.09. The molecular formula is C8H2BrF3N2O2. The van der Waals surface area contributed by atoms with Crippen LogP contribution in [0.1, 0.15) is 11.1 Å². The summed E-state index contributed by atoms with van der Waals surface area (Å²) in [5.74, 6) is 0. The monoisotopic (exact) mass is 294 g/mol. The summed E-state index contributed by atoms with van der Waals surface area (Å²) < 4.78 is 37.2. The van der Waals surface area contributed by atoms with E-state index < -0.39 is 27.9 Å². The molecule has 0 saturated carbocycles. The van der Waals surface area contributed by atoms with Gasteiger partial charge in [0.15, 0.2) is 0 Å². The first-order valence-electron chi connectivity index (χ1n) is 3.73. The van der Waals surface area contributed by atoms with E-state index in [1.54, 1.807) is 0 Å². The van der Waals surface area contributed by atoms with E-state index in [-0.39, 0.29) is 4.47 Å². The maximum Gasteiger partial charge on any atom is 0.423 e. The molecule has 0 aromatic heterocycles. The number of nitriles is 1. The lowest BCUT2D eigenvalue weighted by atomic mass is 10.1. The molecule has 8 heteroatoms. The van der Waals surface area contributed by atoms with Crippen LogP contribution in [0.4, 0.5) is 18.9 Å². The summed E-state index contributed by atoms with van der Waals surface area (Å²) in [6, 6.07) is 2.88. The van der Waals surface area contributed by atoms with E-state index >= 15 is 0 Å². The van der Waals surface area contributed by atoms with Gasteiger partial charge in [-0.25, -0.2) is 0 Å². The molecule has 1 aromatic carbocycles. The fourth-order valence-corrected chi connectivity index (χ4v) is 1.50. The van der Waals surface area contributed by atoms with Gasteiger partial charge in [0.1, 0.15) is 17.2 Å². The van der Waals surface area contributed by atoms with Crippen LogP contribution in [0.2, 0.25) is 0 Å². The maximum atomic E-state index is 12.4. The van der Waals surface area contributed by atoms with Crippen molar-refractivity contribution in [3.05, 3.63) is 37.8 Å². The smallest absolute Gasteiger partial charge is 0.258 e. The average molecular weight is 295 g/mol. The van der Waals surface area contributed by atoms with E-state index in [9.17, 15) is 23.3 Å². The van der Waals surface area contributed by atoms with Crippen molar-refractivity contribution in [3.63, 3.8) is 0 Å². The number of nitrogens with zero attached hydrogens (tertiary/aromatic N) is 2. The van der Waals surface area contributed by atoms with Crippen molar-refractivity contribution in [2.24, 2.45) is 0 Å². The Bertz CT molecular complexity index is 493. The molecule has 0 atom stereocenters. The van der Waals surface area contributed by atoms with Gasteiger partial charge >= 0.3 is 6.18 Å². The first-order valence-corrected chi connectivity index (χ1v) is 4.52. The van der Waals surface area contributed by atoms with Crippen LogP contribution in [-0.4, -0.2) is 4.92 Å². The Hall–Kier alpha value is -1.62. The third-order valence-corrected chi connectivity index (χ3v) is 2.39. The van der Waals surface area contributed by atoms with Crippen LogP contribution in [0.5, 0.6) is 0 Å². The summed E-state index contributed by atoms with van der Waals surface area (Å²) in [4.78, 5) is 9.32. The SMILES string of the molecule is N#Cc1c(Br)ccc(C(F)(F)F)c1[N+](=O)[O-]. The molecule has 1 aromatic rings. The fraction of sp³-hybridized carbons (Fsp3) is 0.125. The lowest BCUT2D eigenvalue weighted by Gasteiger charge is -2.08. The molecule has 0 fully saturated rings. The van der Waals surface area contributed by atoms with Gasteiger partial charge < -0.3 is 0 Å². The molecule has 0 amide bonds. The molecule has 0 heterocycles. The Balaban J connectivity index is 3.67. The van der Waals surface area contributed by atoms with Gasteiger partial charge in [-0.05, 0) is 28.1 Å². The second-order valence-corrected chi connectivity index (χ2v) is 3.54. The third kappa shape index (κ3) is 2.14. The van der Waals surface area contributed by atoms with Crippen LogP contribution in [0.3, 0.4) is 0 Å². The van der Waals surface area contributed by atoms with Crippen molar-refractivity contribution in [2.45, 2.75) is 6.18 Å². The van der Waals surface area contributed by atoms with Crippen molar-refractivity contribution in [1.29, 1.82) is 5.26 Å². The zero-order chi connectivity index (χ0) is 12.5. The van der Waals surface area contributed by atoms with Crippen LogP contribution in [0.15, 0.2) is 16.6 Å². The van der Waals surface area contributed by atoms with Gasteiger partial charge in [-0.1, -0.05) is 0 Å². The van der Waals surface area contributed by atoms with Crippen LogP contribution in [0.25, 0.3) is 0 Å². The van der Waals surface area contributed by atoms with Gasteiger partial charge in [-0.3, -0.25) is 10.1 Å². The Morgan fingerprint density at radius 2 is 2.00 bits per heavy atom. The van der Waals surface area contributed by atoms with E-state index in [0.29, 0.717) is 6.07 Å². The average Bonchev–Trinajstić information content (AvgIpc) is 2.14. The summed E-state index contributed by atoms with van der Waals surface area (Å²) in [5.41, 5.74) is -3.30. The van der Waals surface area contributed by atoms with Crippen LogP contribution in [0, 0.1) is 21.4 Å². The molecule has 0 N–H and O–H groups in total. The van der Waals surface area contributed by atoms with Crippen LogP contribution < -0.4 is 0 Å². The lowest BCUT2D eigenvalue weighted by molar-refractivity contribution is -0.388. The molecule has 0 aliphatic heterocycles.